The van der Waals surface area contributed by atoms with Crippen LogP contribution in [0, 0.1) is 6.92 Å². The average Bonchev–Trinajstić information content (AvgIpc) is 3.09. The predicted molar refractivity (Wildman–Crippen MR) is 122 cm³/mol. The first-order valence-corrected chi connectivity index (χ1v) is 11.6. The Hall–Kier alpha value is -2.76. The number of nitrogens with zero attached hydrogens (tertiary/aromatic N) is 3. The van der Waals surface area contributed by atoms with Crippen molar-refractivity contribution in [1.29, 1.82) is 0 Å². The molecule has 2 aromatic heterocycles. The number of ether oxygens (including phenoxy) is 1. The lowest BCUT2D eigenvalue weighted by Gasteiger charge is -2.19. The Bertz CT molecular complexity index is 1280. The molecule has 0 radical (unpaired) electrons. The van der Waals surface area contributed by atoms with Crippen LogP contribution in [0.15, 0.2) is 64.4 Å². The van der Waals surface area contributed by atoms with Crippen LogP contribution in [0.3, 0.4) is 0 Å². The molecular formula is C22H24N3O8P. The molecule has 1 fully saturated rings. The highest BCUT2D eigenvalue weighted by molar-refractivity contribution is 7.39. The molecule has 34 heavy (non-hydrogen) atoms. The van der Waals surface area contributed by atoms with Crippen molar-refractivity contribution >= 4 is 8.60 Å². The van der Waals surface area contributed by atoms with Crippen LogP contribution in [-0.4, -0.2) is 59.0 Å². The van der Waals surface area contributed by atoms with E-state index in [1.807, 2.05) is 37.3 Å². The fourth-order valence-electron chi connectivity index (χ4n) is 3.90. The maximum absolute atomic E-state index is 13.1. The van der Waals surface area contributed by atoms with Gasteiger partial charge in [-0.05, 0) is 35.7 Å². The molecule has 0 bridgehead atoms. The summed E-state index contributed by atoms with van der Waals surface area (Å²) in [5.74, 6) is 0. The predicted octanol–water partition coefficient (Wildman–Crippen LogP) is 0.276. The summed E-state index contributed by atoms with van der Waals surface area (Å²) in [5.41, 5.74) is 2.11. The van der Waals surface area contributed by atoms with Crippen LogP contribution in [0.4, 0.5) is 0 Å². The minimum absolute atomic E-state index is 0.116. The molecule has 4 N–H and O–H groups in total. The molecule has 1 aliphatic rings. The van der Waals surface area contributed by atoms with Gasteiger partial charge in [-0.25, -0.2) is 4.79 Å². The standard InChI is InChI=1S/C22H24N3O8P/c1-13-4-2-3-5-16(13)14-6-8-23-15(10-14)11-25-18(26)7-9-24(22(25)29)21-20(28)19(27)17(33-21)12-32-34(30)31/h2-10,17,19-21,27-28,30-31H,11-12H2,1H3. The fraction of sp³-hybridized carbons (Fsp3) is 0.318. The van der Waals surface area contributed by atoms with Gasteiger partial charge in [0, 0.05) is 18.5 Å². The van der Waals surface area contributed by atoms with Crippen LogP contribution in [0.1, 0.15) is 17.5 Å². The van der Waals surface area contributed by atoms with Gasteiger partial charge in [-0.3, -0.25) is 18.9 Å². The monoisotopic (exact) mass is 489 g/mol. The summed E-state index contributed by atoms with van der Waals surface area (Å²) in [6.45, 7) is 1.46. The molecule has 4 unspecified atom stereocenters. The zero-order valence-electron chi connectivity index (χ0n) is 18.1. The van der Waals surface area contributed by atoms with Crippen LogP contribution in [0.5, 0.6) is 0 Å². The van der Waals surface area contributed by atoms with Crippen LogP contribution < -0.4 is 11.2 Å². The molecule has 4 atom stereocenters. The number of benzene rings is 1. The van der Waals surface area contributed by atoms with E-state index in [0.29, 0.717) is 5.69 Å². The number of aromatic nitrogens is 3. The van der Waals surface area contributed by atoms with Crippen LogP contribution in [-0.2, 0) is 15.8 Å². The molecule has 0 aliphatic carbocycles. The molecule has 3 heterocycles. The molecule has 3 aromatic rings. The number of aliphatic hydroxyl groups is 2. The summed E-state index contributed by atoms with van der Waals surface area (Å²) in [4.78, 5) is 47.7. The van der Waals surface area contributed by atoms with Crippen molar-refractivity contribution in [2.24, 2.45) is 0 Å². The van der Waals surface area contributed by atoms with Gasteiger partial charge in [0.15, 0.2) is 6.23 Å². The Morgan fingerprint density at radius 1 is 1.12 bits per heavy atom. The topological polar surface area (TPSA) is 156 Å². The molecule has 0 spiro atoms. The Morgan fingerprint density at radius 2 is 1.88 bits per heavy atom. The van der Waals surface area contributed by atoms with E-state index < -0.39 is 51.0 Å². The van der Waals surface area contributed by atoms with E-state index in [2.05, 4.69) is 9.51 Å². The van der Waals surface area contributed by atoms with E-state index in [0.717, 1.165) is 31.9 Å². The van der Waals surface area contributed by atoms with Crippen molar-refractivity contribution in [2.45, 2.75) is 38.0 Å². The van der Waals surface area contributed by atoms with Crippen LogP contribution >= 0.6 is 8.60 Å². The highest BCUT2D eigenvalue weighted by Gasteiger charge is 2.44. The first-order valence-electron chi connectivity index (χ1n) is 10.4. The van der Waals surface area contributed by atoms with Gasteiger partial charge in [-0.1, -0.05) is 24.3 Å². The molecule has 4 rings (SSSR count). The van der Waals surface area contributed by atoms with Gasteiger partial charge in [-0.2, -0.15) is 0 Å². The molecular weight excluding hydrogens is 465 g/mol. The Labute approximate surface area is 195 Å². The number of aliphatic hydroxyl groups excluding tert-OH is 2. The van der Waals surface area contributed by atoms with Gasteiger partial charge in [0.05, 0.1) is 18.8 Å². The smallest absolute Gasteiger partial charge is 0.333 e. The number of hydrogen-bond donors (Lipinski definition) is 4. The quantitative estimate of drug-likeness (QED) is 0.342. The summed E-state index contributed by atoms with van der Waals surface area (Å²) in [6.07, 6.45) is -2.59. The van der Waals surface area contributed by atoms with Gasteiger partial charge in [-0.15, -0.1) is 0 Å². The summed E-state index contributed by atoms with van der Waals surface area (Å²) < 4.78 is 12.2. The van der Waals surface area contributed by atoms with Gasteiger partial charge in [0.1, 0.15) is 18.3 Å². The maximum Gasteiger partial charge on any atom is 0.333 e. The SMILES string of the molecule is Cc1ccccc1-c1ccnc(Cn2c(=O)ccn(C3OC(COP(O)O)C(O)C3O)c2=O)c1. The Balaban J connectivity index is 1.62. The molecule has 12 heteroatoms. The number of aryl methyl sites for hydroxylation is 1. The van der Waals surface area contributed by atoms with Gasteiger partial charge in [0.2, 0.25) is 0 Å². The molecule has 11 nitrogen and oxygen atoms in total. The van der Waals surface area contributed by atoms with Crippen molar-refractivity contribution in [3.63, 3.8) is 0 Å². The largest absolute Gasteiger partial charge is 0.387 e. The van der Waals surface area contributed by atoms with Gasteiger partial charge >= 0.3 is 14.3 Å². The Morgan fingerprint density at radius 3 is 2.62 bits per heavy atom. The second kappa shape index (κ2) is 10.2. The molecule has 180 valence electrons. The van der Waals surface area contributed by atoms with E-state index in [1.54, 1.807) is 12.3 Å². The van der Waals surface area contributed by atoms with Crippen molar-refractivity contribution in [3.8, 4) is 11.1 Å². The second-order valence-electron chi connectivity index (χ2n) is 7.88. The van der Waals surface area contributed by atoms with E-state index in [1.165, 1.54) is 6.20 Å². The number of hydrogen-bond acceptors (Lipinski definition) is 9. The van der Waals surface area contributed by atoms with Crippen molar-refractivity contribution in [2.75, 3.05) is 6.61 Å². The molecule has 0 amide bonds. The van der Waals surface area contributed by atoms with E-state index in [9.17, 15) is 19.8 Å². The highest BCUT2D eigenvalue weighted by atomic mass is 31.2. The Kier molecular flexibility index (Phi) is 7.34. The third kappa shape index (κ3) is 5.01. The average molecular weight is 489 g/mol. The van der Waals surface area contributed by atoms with Crippen molar-refractivity contribution in [1.82, 2.24) is 14.1 Å². The second-order valence-corrected chi connectivity index (χ2v) is 8.64. The first-order chi connectivity index (χ1) is 16.3. The lowest BCUT2D eigenvalue weighted by atomic mass is 10.0. The van der Waals surface area contributed by atoms with Crippen LogP contribution in [0.2, 0.25) is 0 Å². The lowest BCUT2D eigenvalue weighted by Crippen LogP contribution is -2.43. The summed E-state index contributed by atoms with van der Waals surface area (Å²) in [5, 5.41) is 20.6. The number of pyridine rings is 1. The summed E-state index contributed by atoms with van der Waals surface area (Å²) >= 11 is 0. The van der Waals surface area contributed by atoms with Gasteiger partial charge in [0.25, 0.3) is 5.56 Å². The minimum atomic E-state index is -2.68. The van der Waals surface area contributed by atoms with Crippen molar-refractivity contribution in [3.05, 3.63) is 87.0 Å². The third-order valence-corrected chi connectivity index (χ3v) is 6.03. The molecule has 0 saturated carbocycles. The summed E-state index contributed by atoms with van der Waals surface area (Å²) in [6, 6.07) is 12.6. The van der Waals surface area contributed by atoms with E-state index >= 15 is 0 Å². The van der Waals surface area contributed by atoms with E-state index in [4.69, 9.17) is 14.5 Å². The van der Waals surface area contributed by atoms with Gasteiger partial charge < -0.3 is 29.3 Å². The van der Waals surface area contributed by atoms with E-state index in [-0.39, 0.29) is 6.54 Å². The highest BCUT2D eigenvalue weighted by Crippen LogP contribution is 2.32. The zero-order chi connectivity index (χ0) is 24.4. The number of rotatable bonds is 7. The third-order valence-electron chi connectivity index (χ3n) is 5.65. The fourth-order valence-corrected chi connectivity index (χ4v) is 4.18. The van der Waals surface area contributed by atoms with Crippen LogP contribution in [0.25, 0.3) is 11.1 Å². The molecule has 1 saturated heterocycles. The molecule has 1 aromatic carbocycles. The minimum Gasteiger partial charge on any atom is -0.387 e. The lowest BCUT2D eigenvalue weighted by molar-refractivity contribution is -0.0531. The normalized spacial score (nSPS) is 22.4. The molecule has 1 aliphatic heterocycles. The van der Waals surface area contributed by atoms with Crippen molar-refractivity contribution < 1.29 is 29.3 Å². The zero-order valence-corrected chi connectivity index (χ0v) is 19.0. The summed E-state index contributed by atoms with van der Waals surface area (Å²) in [7, 11) is -2.68. The first kappa shape index (κ1) is 24.4. The maximum atomic E-state index is 13.1.